The average Bonchev–Trinajstić information content (AvgIpc) is 2.34. The van der Waals surface area contributed by atoms with Crippen molar-refractivity contribution in [1.29, 1.82) is 0 Å². The lowest BCUT2D eigenvalue weighted by molar-refractivity contribution is 0.340. The Morgan fingerprint density at radius 1 is 1.35 bits per heavy atom. The number of hydrogen-bond donors (Lipinski definition) is 2. The number of ether oxygens (including phenoxy) is 1. The van der Waals surface area contributed by atoms with Gasteiger partial charge in [-0.3, -0.25) is 4.79 Å². The number of aromatic amines is 1. The molecule has 0 aliphatic rings. The Morgan fingerprint density at radius 3 is 2.71 bits per heavy atom. The zero-order chi connectivity index (χ0) is 12.3. The number of nitrogens with zero attached hydrogens (tertiary/aromatic N) is 1. The normalized spacial score (nSPS) is 10.2. The minimum Gasteiger partial charge on any atom is -0.494 e. The Kier molecular flexibility index (Phi) is 3.09. The summed E-state index contributed by atoms with van der Waals surface area (Å²) in [6.07, 6.45) is 0. The SMILES string of the molecule is CCOc1ccc(-c2cc(N)n[nH]c2=O)cc1. The molecule has 0 fully saturated rings. The highest BCUT2D eigenvalue weighted by Gasteiger charge is 2.04. The van der Waals surface area contributed by atoms with Crippen molar-refractivity contribution in [3.63, 3.8) is 0 Å². The summed E-state index contributed by atoms with van der Waals surface area (Å²) in [7, 11) is 0. The number of benzene rings is 1. The van der Waals surface area contributed by atoms with Gasteiger partial charge >= 0.3 is 0 Å². The van der Waals surface area contributed by atoms with Crippen molar-refractivity contribution in [2.24, 2.45) is 0 Å². The Morgan fingerprint density at radius 2 is 2.06 bits per heavy atom. The summed E-state index contributed by atoms with van der Waals surface area (Å²) in [5, 5.41) is 5.97. The van der Waals surface area contributed by atoms with Crippen molar-refractivity contribution in [1.82, 2.24) is 10.2 Å². The average molecular weight is 231 g/mol. The van der Waals surface area contributed by atoms with Crippen molar-refractivity contribution in [2.75, 3.05) is 12.3 Å². The highest BCUT2D eigenvalue weighted by molar-refractivity contribution is 5.65. The van der Waals surface area contributed by atoms with Crippen molar-refractivity contribution in [2.45, 2.75) is 6.92 Å². The Labute approximate surface area is 98.2 Å². The van der Waals surface area contributed by atoms with Crippen molar-refractivity contribution in [3.05, 3.63) is 40.7 Å². The minimum atomic E-state index is -0.261. The second-order valence-corrected chi connectivity index (χ2v) is 3.49. The van der Waals surface area contributed by atoms with Gasteiger partial charge in [0.05, 0.1) is 12.2 Å². The van der Waals surface area contributed by atoms with Gasteiger partial charge in [-0.05, 0) is 30.7 Å². The smallest absolute Gasteiger partial charge is 0.272 e. The summed E-state index contributed by atoms with van der Waals surface area (Å²) in [6, 6.07) is 8.81. The molecule has 0 saturated carbocycles. The maximum absolute atomic E-state index is 11.6. The van der Waals surface area contributed by atoms with Gasteiger partial charge in [0, 0.05) is 0 Å². The second-order valence-electron chi connectivity index (χ2n) is 3.49. The Hall–Kier alpha value is -2.30. The van der Waals surface area contributed by atoms with Crippen LogP contribution in [0.4, 0.5) is 5.82 Å². The summed E-state index contributed by atoms with van der Waals surface area (Å²) >= 11 is 0. The van der Waals surface area contributed by atoms with E-state index in [1.165, 1.54) is 0 Å². The standard InChI is InChI=1S/C12H13N3O2/c1-2-17-9-5-3-8(4-6-9)10-7-11(13)14-15-12(10)16/h3-7H,2H2,1H3,(H2,13,14)(H,15,16). The van der Waals surface area contributed by atoms with Gasteiger partial charge in [0.15, 0.2) is 0 Å². The quantitative estimate of drug-likeness (QED) is 0.837. The molecule has 1 aromatic carbocycles. The first kappa shape index (κ1) is 11.2. The van der Waals surface area contributed by atoms with Gasteiger partial charge < -0.3 is 10.5 Å². The summed E-state index contributed by atoms with van der Waals surface area (Å²) < 4.78 is 5.33. The molecule has 88 valence electrons. The van der Waals surface area contributed by atoms with Gasteiger partial charge in [-0.2, -0.15) is 5.10 Å². The number of nitrogens with two attached hydrogens (primary N) is 1. The molecule has 0 bridgehead atoms. The van der Waals surface area contributed by atoms with E-state index in [1.807, 2.05) is 31.2 Å². The van der Waals surface area contributed by atoms with Crippen LogP contribution >= 0.6 is 0 Å². The highest BCUT2D eigenvalue weighted by atomic mass is 16.5. The molecule has 5 nitrogen and oxygen atoms in total. The number of hydrogen-bond acceptors (Lipinski definition) is 4. The predicted molar refractivity (Wildman–Crippen MR) is 65.9 cm³/mol. The molecule has 0 aliphatic heterocycles. The number of aromatic nitrogens is 2. The van der Waals surface area contributed by atoms with Crippen LogP contribution in [0, 0.1) is 0 Å². The topological polar surface area (TPSA) is 81.0 Å². The molecule has 0 unspecified atom stereocenters. The third kappa shape index (κ3) is 2.44. The fourth-order valence-electron chi connectivity index (χ4n) is 1.53. The van der Waals surface area contributed by atoms with E-state index in [1.54, 1.807) is 6.07 Å². The molecular formula is C12H13N3O2. The van der Waals surface area contributed by atoms with E-state index >= 15 is 0 Å². The minimum absolute atomic E-state index is 0.261. The molecule has 17 heavy (non-hydrogen) atoms. The van der Waals surface area contributed by atoms with Gasteiger partial charge in [0.25, 0.3) is 5.56 Å². The van der Waals surface area contributed by atoms with Gasteiger partial charge in [-0.25, -0.2) is 5.10 Å². The van der Waals surface area contributed by atoms with E-state index in [4.69, 9.17) is 10.5 Å². The molecule has 0 atom stereocenters. The maximum Gasteiger partial charge on any atom is 0.272 e. The number of H-pyrrole nitrogens is 1. The number of anilines is 1. The third-order valence-corrected chi connectivity index (χ3v) is 2.30. The zero-order valence-corrected chi connectivity index (χ0v) is 9.43. The van der Waals surface area contributed by atoms with Gasteiger partial charge in [-0.1, -0.05) is 12.1 Å². The highest BCUT2D eigenvalue weighted by Crippen LogP contribution is 2.20. The molecular weight excluding hydrogens is 218 g/mol. The monoisotopic (exact) mass is 231 g/mol. The van der Waals surface area contributed by atoms with Gasteiger partial charge in [-0.15, -0.1) is 0 Å². The van der Waals surface area contributed by atoms with Crippen molar-refractivity contribution in [3.8, 4) is 16.9 Å². The summed E-state index contributed by atoms with van der Waals surface area (Å²) in [5.74, 6) is 1.06. The fourth-order valence-corrected chi connectivity index (χ4v) is 1.53. The van der Waals surface area contributed by atoms with E-state index in [2.05, 4.69) is 10.2 Å². The Balaban J connectivity index is 2.39. The van der Waals surface area contributed by atoms with Crippen LogP contribution in [0.15, 0.2) is 35.1 Å². The molecule has 0 radical (unpaired) electrons. The molecule has 3 N–H and O–H groups in total. The van der Waals surface area contributed by atoms with E-state index in [0.29, 0.717) is 12.2 Å². The van der Waals surface area contributed by atoms with Crippen LogP contribution in [-0.2, 0) is 0 Å². The molecule has 2 aromatic rings. The van der Waals surface area contributed by atoms with Crippen molar-refractivity contribution >= 4 is 5.82 Å². The fraction of sp³-hybridized carbons (Fsp3) is 0.167. The summed E-state index contributed by atoms with van der Waals surface area (Å²) in [4.78, 5) is 11.6. The largest absolute Gasteiger partial charge is 0.494 e. The first-order chi connectivity index (χ1) is 8.20. The van der Waals surface area contributed by atoms with Gasteiger partial charge in [0.2, 0.25) is 0 Å². The molecule has 1 aromatic heterocycles. The van der Waals surface area contributed by atoms with Crippen LogP contribution in [0.2, 0.25) is 0 Å². The molecule has 1 heterocycles. The van der Waals surface area contributed by atoms with E-state index in [-0.39, 0.29) is 11.4 Å². The lowest BCUT2D eigenvalue weighted by Crippen LogP contribution is -2.12. The van der Waals surface area contributed by atoms with E-state index in [9.17, 15) is 4.79 Å². The molecule has 2 rings (SSSR count). The van der Waals surface area contributed by atoms with Crippen LogP contribution in [0.1, 0.15) is 6.92 Å². The number of rotatable bonds is 3. The number of nitrogens with one attached hydrogen (secondary N) is 1. The molecule has 0 saturated heterocycles. The van der Waals surface area contributed by atoms with Crippen LogP contribution in [0.5, 0.6) is 5.75 Å². The second kappa shape index (κ2) is 4.69. The van der Waals surface area contributed by atoms with Crippen LogP contribution in [0.3, 0.4) is 0 Å². The van der Waals surface area contributed by atoms with E-state index < -0.39 is 0 Å². The van der Waals surface area contributed by atoms with Crippen LogP contribution in [-0.4, -0.2) is 16.8 Å². The zero-order valence-electron chi connectivity index (χ0n) is 9.43. The first-order valence-corrected chi connectivity index (χ1v) is 5.29. The third-order valence-electron chi connectivity index (χ3n) is 2.30. The van der Waals surface area contributed by atoms with E-state index in [0.717, 1.165) is 11.3 Å². The van der Waals surface area contributed by atoms with Crippen LogP contribution < -0.4 is 16.0 Å². The molecule has 0 amide bonds. The summed E-state index contributed by atoms with van der Waals surface area (Å²) in [5.41, 5.74) is 6.56. The predicted octanol–water partition coefficient (Wildman–Crippen LogP) is 1.42. The van der Waals surface area contributed by atoms with Crippen molar-refractivity contribution < 1.29 is 4.74 Å². The first-order valence-electron chi connectivity index (χ1n) is 5.29. The molecule has 0 spiro atoms. The van der Waals surface area contributed by atoms with Gasteiger partial charge in [0.1, 0.15) is 11.6 Å². The number of nitrogen functional groups attached to an aromatic ring is 1. The maximum atomic E-state index is 11.6. The molecule has 0 aliphatic carbocycles. The lowest BCUT2D eigenvalue weighted by atomic mass is 10.1. The summed E-state index contributed by atoms with van der Waals surface area (Å²) in [6.45, 7) is 2.53. The van der Waals surface area contributed by atoms with Crippen LogP contribution in [0.25, 0.3) is 11.1 Å². The lowest BCUT2D eigenvalue weighted by Gasteiger charge is -2.04. The molecule has 5 heteroatoms. The Bertz CT molecular complexity index is 561.